The maximum Gasteiger partial charge on any atom is 0.253 e. The molecule has 4 N–H and O–H groups in total. The normalized spacial score (nSPS) is 24.1. The average molecular weight is 518 g/mol. The summed E-state index contributed by atoms with van der Waals surface area (Å²) in [7, 11) is 0. The molecule has 1 fully saturated rings. The van der Waals surface area contributed by atoms with E-state index in [9.17, 15) is 9.59 Å². The highest BCUT2D eigenvalue weighted by molar-refractivity contribution is 9.10. The van der Waals surface area contributed by atoms with Crippen LogP contribution in [0.15, 0.2) is 21.4 Å². The zero-order valence-electron chi connectivity index (χ0n) is 19.6. The van der Waals surface area contributed by atoms with E-state index in [1.165, 1.54) is 0 Å². The van der Waals surface area contributed by atoms with Crippen LogP contribution in [0.5, 0.6) is 11.5 Å². The van der Waals surface area contributed by atoms with Crippen LogP contribution in [0.25, 0.3) is 0 Å². The number of halogens is 1. The smallest absolute Gasteiger partial charge is 0.253 e. The van der Waals surface area contributed by atoms with E-state index in [0.717, 1.165) is 49.0 Å². The molecule has 4 rings (SSSR count). The monoisotopic (exact) mass is 517 g/mol. The minimum absolute atomic E-state index is 0.147. The Kier molecular flexibility index (Phi) is 6.60. The number of benzene rings is 1. The number of pyridine rings is 1. The van der Waals surface area contributed by atoms with Gasteiger partial charge >= 0.3 is 0 Å². The second-order valence-corrected chi connectivity index (χ2v) is 10.3. The number of carbonyl (C=O) groups excluding carboxylic acids is 1. The first kappa shape index (κ1) is 23.8. The summed E-state index contributed by atoms with van der Waals surface area (Å²) in [5, 5.41) is 2.88. The SMILES string of the molecule is Cc1cc(C)c(CNC(=O)c2cc(Br)c3c(c2C)OC(C)([C@H]2CC[C@H](CN)CC2)O3)c(=O)[nH]1. The van der Waals surface area contributed by atoms with Crippen LogP contribution in [-0.4, -0.2) is 23.2 Å². The predicted octanol–water partition coefficient (Wildman–Crippen LogP) is 4.25. The molecule has 2 heterocycles. The summed E-state index contributed by atoms with van der Waals surface area (Å²) in [6.45, 7) is 8.43. The summed E-state index contributed by atoms with van der Waals surface area (Å²) in [5.41, 5.74) is 9.06. The largest absolute Gasteiger partial charge is 0.448 e. The van der Waals surface area contributed by atoms with Crippen molar-refractivity contribution in [1.29, 1.82) is 0 Å². The van der Waals surface area contributed by atoms with Gasteiger partial charge in [-0.2, -0.15) is 0 Å². The Bertz CT molecular complexity index is 1140. The summed E-state index contributed by atoms with van der Waals surface area (Å²) in [5.74, 6) is 1.03. The molecule has 2 aromatic rings. The number of nitrogens with one attached hydrogen (secondary N) is 2. The molecule has 1 amide bonds. The number of fused-ring (bicyclic) bond motifs is 1. The number of H-pyrrole nitrogens is 1. The summed E-state index contributed by atoms with van der Waals surface area (Å²) < 4.78 is 13.4. The first-order chi connectivity index (χ1) is 15.6. The number of amides is 1. The van der Waals surface area contributed by atoms with Gasteiger partial charge in [-0.25, -0.2) is 0 Å². The zero-order chi connectivity index (χ0) is 23.9. The summed E-state index contributed by atoms with van der Waals surface area (Å²) in [6.07, 6.45) is 4.15. The van der Waals surface area contributed by atoms with Gasteiger partial charge in [-0.3, -0.25) is 9.59 Å². The van der Waals surface area contributed by atoms with Crippen molar-refractivity contribution in [3.8, 4) is 11.5 Å². The molecule has 1 aliphatic carbocycles. The van der Waals surface area contributed by atoms with Gasteiger partial charge in [0.25, 0.3) is 17.3 Å². The van der Waals surface area contributed by atoms with E-state index in [1.807, 2.05) is 33.8 Å². The quantitative estimate of drug-likeness (QED) is 0.549. The van der Waals surface area contributed by atoms with Gasteiger partial charge in [-0.05, 0) is 92.5 Å². The lowest BCUT2D eigenvalue weighted by Crippen LogP contribution is -2.45. The van der Waals surface area contributed by atoms with Crippen LogP contribution in [0.4, 0.5) is 0 Å². The lowest BCUT2D eigenvalue weighted by atomic mass is 9.78. The number of ether oxygens (including phenoxy) is 2. The van der Waals surface area contributed by atoms with Crippen LogP contribution in [0.1, 0.15) is 65.3 Å². The van der Waals surface area contributed by atoms with Crippen molar-refractivity contribution in [3.05, 3.63) is 54.9 Å². The van der Waals surface area contributed by atoms with Crippen molar-refractivity contribution < 1.29 is 14.3 Å². The van der Waals surface area contributed by atoms with Crippen LogP contribution in [-0.2, 0) is 6.54 Å². The van der Waals surface area contributed by atoms with E-state index in [-0.39, 0.29) is 23.9 Å². The number of aromatic amines is 1. The first-order valence-electron chi connectivity index (χ1n) is 11.5. The van der Waals surface area contributed by atoms with Gasteiger partial charge in [-0.1, -0.05) is 0 Å². The average Bonchev–Trinajstić information content (AvgIpc) is 3.15. The molecule has 0 saturated heterocycles. The van der Waals surface area contributed by atoms with Crippen molar-refractivity contribution >= 4 is 21.8 Å². The molecule has 7 nitrogen and oxygen atoms in total. The van der Waals surface area contributed by atoms with Gasteiger partial charge in [-0.15, -0.1) is 0 Å². The van der Waals surface area contributed by atoms with E-state index in [1.54, 1.807) is 6.07 Å². The van der Waals surface area contributed by atoms with Crippen LogP contribution in [0.3, 0.4) is 0 Å². The van der Waals surface area contributed by atoms with Gasteiger partial charge < -0.3 is 25.5 Å². The fourth-order valence-electron chi connectivity index (χ4n) is 5.04. The topological polar surface area (TPSA) is 106 Å². The number of aromatic nitrogens is 1. The number of carbonyl (C=O) groups is 1. The van der Waals surface area contributed by atoms with E-state index in [4.69, 9.17) is 15.2 Å². The van der Waals surface area contributed by atoms with Crippen LogP contribution in [0, 0.1) is 32.6 Å². The summed E-state index contributed by atoms with van der Waals surface area (Å²) in [4.78, 5) is 28.1. The molecule has 33 heavy (non-hydrogen) atoms. The van der Waals surface area contributed by atoms with Crippen LogP contribution >= 0.6 is 15.9 Å². The molecule has 0 radical (unpaired) electrons. The van der Waals surface area contributed by atoms with Crippen molar-refractivity contribution in [2.75, 3.05) is 6.54 Å². The molecule has 178 valence electrons. The lowest BCUT2D eigenvalue weighted by Gasteiger charge is -2.37. The molecular formula is C25H32BrN3O4. The highest BCUT2D eigenvalue weighted by atomic mass is 79.9. The number of aryl methyl sites for hydroxylation is 2. The summed E-state index contributed by atoms with van der Waals surface area (Å²) >= 11 is 3.57. The van der Waals surface area contributed by atoms with Gasteiger partial charge in [0.05, 0.1) is 4.47 Å². The maximum absolute atomic E-state index is 13.1. The number of hydrogen-bond acceptors (Lipinski definition) is 5. The molecule has 8 heteroatoms. The highest BCUT2D eigenvalue weighted by Crippen LogP contribution is 2.51. The van der Waals surface area contributed by atoms with E-state index < -0.39 is 5.79 Å². The standard InChI is InChI=1S/C25H32BrN3O4/c1-13-9-14(2)29-24(31)19(13)12-28-23(30)18-10-20(26)22-21(15(18)3)32-25(4,33-22)17-7-5-16(11-27)6-8-17/h9-10,16-17H,5-8,11-12,27H2,1-4H3,(H,28,30)(H,29,31)/t16-,17-,25?. The third kappa shape index (κ3) is 4.55. The van der Waals surface area contributed by atoms with Gasteiger partial charge in [0.1, 0.15) is 0 Å². The van der Waals surface area contributed by atoms with Gasteiger partial charge in [0.15, 0.2) is 11.5 Å². The Morgan fingerprint density at radius 1 is 1.18 bits per heavy atom. The third-order valence-electron chi connectivity index (χ3n) is 7.13. The molecular weight excluding hydrogens is 486 g/mol. The first-order valence-corrected chi connectivity index (χ1v) is 12.3. The highest BCUT2D eigenvalue weighted by Gasteiger charge is 2.47. The molecule has 1 aromatic carbocycles. The fraction of sp³-hybridized carbons (Fsp3) is 0.520. The van der Waals surface area contributed by atoms with Crippen molar-refractivity contribution in [3.63, 3.8) is 0 Å². The molecule has 1 saturated carbocycles. The van der Waals surface area contributed by atoms with Crippen molar-refractivity contribution in [2.45, 2.75) is 65.7 Å². The van der Waals surface area contributed by atoms with E-state index in [0.29, 0.717) is 33.0 Å². The predicted molar refractivity (Wildman–Crippen MR) is 131 cm³/mol. The van der Waals surface area contributed by atoms with E-state index in [2.05, 4.69) is 26.2 Å². The molecule has 2 aliphatic rings. The van der Waals surface area contributed by atoms with Gasteiger partial charge in [0, 0.05) is 41.8 Å². The second-order valence-electron chi connectivity index (χ2n) is 9.49. The zero-order valence-corrected chi connectivity index (χ0v) is 21.2. The number of rotatable bonds is 5. The van der Waals surface area contributed by atoms with Crippen LogP contribution < -0.4 is 26.1 Å². The fourth-order valence-corrected chi connectivity index (χ4v) is 5.53. The maximum atomic E-state index is 13.1. The number of nitrogens with two attached hydrogens (primary N) is 1. The molecule has 0 bridgehead atoms. The Balaban J connectivity index is 1.53. The molecule has 1 aromatic heterocycles. The minimum atomic E-state index is -0.767. The second kappa shape index (κ2) is 9.14. The molecule has 0 spiro atoms. The lowest BCUT2D eigenvalue weighted by molar-refractivity contribution is -0.122. The van der Waals surface area contributed by atoms with Crippen molar-refractivity contribution in [1.82, 2.24) is 10.3 Å². The number of hydrogen-bond donors (Lipinski definition) is 3. The Morgan fingerprint density at radius 3 is 2.48 bits per heavy atom. The molecule has 1 atom stereocenters. The molecule has 1 aliphatic heterocycles. The Hall–Kier alpha value is -2.32. The van der Waals surface area contributed by atoms with E-state index >= 15 is 0 Å². The minimum Gasteiger partial charge on any atom is -0.448 e. The third-order valence-corrected chi connectivity index (χ3v) is 7.72. The Morgan fingerprint density at radius 2 is 1.85 bits per heavy atom. The van der Waals surface area contributed by atoms with Crippen LogP contribution in [0.2, 0.25) is 0 Å². The summed E-state index contributed by atoms with van der Waals surface area (Å²) in [6, 6.07) is 3.66. The van der Waals surface area contributed by atoms with Gasteiger partial charge in [0.2, 0.25) is 0 Å². The molecule has 1 unspecified atom stereocenters. The van der Waals surface area contributed by atoms with Crippen molar-refractivity contribution in [2.24, 2.45) is 17.6 Å². The Labute approximate surface area is 202 Å².